The minimum Gasteiger partial charge on any atom is -0.326 e. The fourth-order valence-electron chi connectivity index (χ4n) is 1.04. The van der Waals surface area contributed by atoms with E-state index in [9.17, 15) is 4.79 Å². The van der Waals surface area contributed by atoms with Gasteiger partial charge in [-0.05, 0) is 17.5 Å². The molecule has 0 bridgehead atoms. The molecule has 0 aromatic heterocycles. The molecule has 0 atom stereocenters. The topological polar surface area (TPSA) is 43.1 Å². The molecule has 1 aromatic rings. The summed E-state index contributed by atoms with van der Waals surface area (Å²) in [5, 5.41) is 0. The molecular formula is C10H12NO. The van der Waals surface area contributed by atoms with Gasteiger partial charge in [-0.3, -0.25) is 4.79 Å². The molecule has 1 rings (SSSR count). The van der Waals surface area contributed by atoms with Crippen LogP contribution in [0, 0.1) is 0 Å². The van der Waals surface area contributed by atoms with Crippen LogP contribution in [0.5, 0.6) is 0 Å². The maximum absolute atomic E-state index is 9.96. The van der Waals surface area contributed by atoms with Gasteiger partial charge in [-0.2, -0.15) is 0 Å². The third kappa shape index (κ3) is 2.47. The van der Waals surface area contributed by atoms with Gasteiger partial charge in [-0.15, -0.1) is 0 Å². The quantitative estimate of drug-likeness (QED) is 0.722. The summed E-state index contributed by atoms with van der Waals surface area (Å²) in [5.74, 6) is 0. The van der Waals surface area contributed by atoms with Crippen molar-refractivity contribution in [2.75, 3.05) is 0 Å². The summed E-state index contributed by atoms with van der Waals surface area (Å²) in [6, 6.07) is 7.97. The number of hydrogen-bond acceptors (Lipinski definition) is 2. The van der Waals surface area contributed by atoms with Crippen LogP contribution in [0.1, 0.15) is 17.5 Å². The lowest BCUT2D eigenvalue weighted by Gasteiger charge is -1.99. The van der Waals surface area contributed by atoms with E-state index in [4.69, 9.17) is 5.73 Å². The van der Waals surface area contributed by atoms with Crippen LogP contribution < -0.4 is 5.73 Å². The Kier molecular flexibility index (Phi) is 3.48. The molecule has 12 heavy (non-hydrogen) atoms. The van der Waals surface area contributed by atoms with Crippen LogP contribution in [0.4, 0.5) is 0 Å². The highest BCUT2D eigenvalue weighted by Gasteiger charge is 1.92. The first-order chi connectivity index (χ1) is 5.86. The van der Waals surface area contributed by atoms with Crippen LogP contribution >= 0.6 is 0 Å². The molecule has 2 N–H and O–H groups in total. The fraction of sp³-hybridized carbons (Fsp3) is 0.300. The van der Waals surface area contributed by atoms with Crippen molar-refractivity contribution in [2.24, 2.45) is 5.73 Å². The second-order valence-electron chi connectivity index (χ2n) is 2.66. The molecule has 0 saturated heterocycles. The number of benzene rings is 1. The average Bonchev–Trinajstić information content (AvgIpc) is 2.15. The van der Waals surface area contributed by atoms with Gasteiger partial charge in [0.2, 0.25) is 0 Å². The highest BCUT2D eigenvalue weighted by atomic mass is 16.1. The Balaban J connectivity index is 2.58. The SMILES string of the molecule is NCc1ccc(CC[C]=O)cc1. The molecule has 63 valence electrons. The number of rotatable bonds is 4. The molecule has 1 aromatic carbocycles. The van der Waals surface area contributed by atoms with E-state index in [1.807, 2.05) is 30.6 Å². The molecule has 0 heterocycles. The first kappa shape index (κ1) is 8.94. The third-order valence-corrected chi connectivity index (χ3v) is 1.77. The van der Waals surface area contributed by atoms with E-state index in [0.29, 0.717) is 13.0 Å². The zero-order valence-electron chi connectivity index (χ0n) is 6.92. The number of aryl methyl sites for hydroxylation is 1. The fourth-order valence-corrected chi connectivity index (χ4v) is 1.04. The van der Waals surface area contributed by atoms with Gasteiger partial charge in [0, 0.05) is 13.0 Å². The third-order valence-electron chi connectivity index (χ3n) is 1.77. The Morgan fingerprint density at radius 2 is 1.75 bits per heavy atom. The number of carbonyl (C=O) groups excluding carboxylic acids is 1. The predicted octanol–water partition coefficient (Wildman–Crippen LogP) is 1.19. The van der Waals surface area contributed by atoms with Gasteiger partial charge in [0.15, 0.2) is 6.29 Å². The van der Waals surface area contributed by atoms with Crippen molar-refractivity contribution in [3.8, 4) is 0 Å². The lowest BCUT2D eigenvalue weighted by Crippen LogP contribution is -1.96. The molecule has 2 nitrogen and oxygen atoms in total. The Labute approximate surface area is 72.4 Å². The highest BCUT2D eigenvalue weighted by Crippen LogP contribution is 2.05. The zero-order chi connectivity index (χ0) is 8.81. The minimum absolute atomic E-state index is 0.474. The van der Waals surface area contributed by atoms with E-state index in [1.165, 1.54) is 0 Å². The smallest absolute Gasteiger partial charge is 0.198 e. The maximum Gasteiger partial charge on any atom is 0.198 e. The Morgan fingerprint density at radius 3 is 2.25 bits per heavy atom. The summed E-state index contributed by atoms with van der Waals surface area (Å²) < 4.78 is 0. The van der Waals surface area contributed by atoms with Crippen LogP contribution in [0.15, 0.2) is 24.3 Å². The Bertz CT molecular complexity index is 241. The van der Waals surface area contributed by atoms with Crippen LogP contribution in [0.2, 0.25) is 0 Å². The molecule has 2 heteroatoms. The molecule has 0 aliphatic rings. The van der Waals surface area contributed by atoms with Gasteiger partial charge in [0.25, 0.3) is 0 Å². The molecule has 0 fully saturated rings. The predicted molar refractivity (Wildman–Crippen MR) is 48.3 cm³/mol. The van der Waals surface area contributed by atoms with Crippen molar-refractivity contribution in [1.82, 2.24) is 0 Å². The van der Waals surface area contributed by atoms with E-state index < -0.39 is 0 Å². The van der Waals surface area contributed by atoms with Crippen molar-refractivity contribution >= 4 is 6.29 Å². The molecule has 0 aliphatic carbocycles. The van der Waals surface area contributed by atoms with Crippen molar-refractivity contribution < 1.29 is 4.79 Å². The van der Waals surface area contributed by atoms with Crippen LogP contribution in [0.3, 0.4) is 0 Å². The average molecular weight is 162 g/mol. The molecular weight excluding hydrogens is 150 g/mol. The summed E-state index contributed by atoms with van der Waals surface area (Å²) in [7, 11) is 0. The lowest BCUT2D eigenvalue weighted by atomic mass is 10.1. The molecule has 0 aliphatic heterocycles. The standard InChI is InChI=1S/C10H12NO/c11-8-10-5-3-9(4-6-10)2-1-7-12/h3-6H,1-2,8,11H2. The normalized spacial score (nSPS) is 9.75. The van der Waals surface area contributed by atoms with E-state index in [1.54, 1.807) is 0 Å². The minimum atomic E-state index is 0.474. The van der Waals surface area contributed by atoms with Crippen molar-refractivity contribution in [3.05, 3.63) is 35.4 Å². The molecule has 0 spiro atoms. The summed E-state index contributed by atoms with van der Waals surface area (Å²) in [5.41, 5.74) is 7.72. The number of hydrogen-bond donors (Lipinski definition) is 1. The number of nitrogens with two attached hydrogens (primary N) is 1. The molecule has 1 radical (unpaired) electrons. The van der Waals surface area contributed by atoms with Crippen molar-refractivity contribution in [2.45, 2.75) is 19.4 Å². The Hall–Kier alpha value is -1.15. The van der Waals surface area contributed by atoms with E-state index >= 15 is 0 Å². The van der Waals surface area contributed by atoms with Gasteiger partial charge in [0.1, 0.15) is 0 Å². The summed E-state index contributed by atoms with van der Waals surface area (Å²) >= 11 is 0. The largest absolute Gasteiger partial charge is 0.326 e. The van der Waals surface area contributed by atoms with E-state index in [2.05, 4.69) is 0 Å². The van der Waals surface area contributed by atoms with Gasteiger partial charge < -0.3 is 5.73 Å². The van der Waals surface area contributed by atoms with E-state index in [0.717, 1.165) is 17.5 Å². The van der Waals surface area contributed by atoms with Gasteiger partial charge in [-0.25, -0.2) is 0 Å². The monoisotopic (exact) mass is 162 g/mol. The second kappa shape index (κ2) is 4.67. The first-order valence-corrected chi connectivity index (χ1v) is 3.99. The Morgan fingerprint density at radius 1 is 1.17 bits per heavy atom. The first-order valence-electron chi connectivity index (χ1n) is 3.99. The summed E-state index contributed by atoms with van der Waals surface area (Å²) in [6.07, 6.45) is 3.12. The lowest BCUT2D eigenvalue weighted by molar-refractivity contribution is 0.551. The molecule has 0 saturated carbocycles. The highest BCUT2D eigenvalue weighted by molar-refractivity contribution is 5.51. The van der Waals surface area contributed by atoms with Crippen molar-refractivity contribution in [3.63, 3.8) is 0 Å². The van der Waals surface area contributed by atoms with E-state index in [-0.39, 0.29) is 0 Å². The van der Waals surface area contributed by atoms with Crippen LogP contribution in [-0.2, 0) is 17.8 Å². The van der Waals surface area contributed by atoms with Crippen LogP contribution in [0.25, 0.3) is 0 Å². The maximum atomic E-state index is 9.96. The van der Waals surface area contributed by atoms with Gasteiger partial charge in [-0.1, -0.05) is 24.3 Å². The second-order valence-corrected chi connectivity index (χ2v) is 2.66. The van der Waals surface area contributed by atoms with Crippen LogP contribution in [-0.4, -0.2) is 6.29 Å². The van der Waals surface area contributed by atoms with Gasteiger partial charge >= 0.3 is 0 Å². The molecule has 0 amide bonds. The van der Waals surface area contributed by atoms with Gasteiger partial charge in [0.05, 0.1) is 0 Å². The molecule has 0 unspecified atom stereocenters. The van der Waals surface area contributed by atoms with Crippen molar-refractivity contribution in [1.29, 1.82) is 0 Å². The summed E-state index contributed by atoms with van der Waals surface area (Å²) in [4.78, 5) is 9.96. The zero-order valence-corrected chi connectivity index (χ0v) is 6.92. The summed E-state index contributed by atoms with van der Waals surface area (Å²) in [6.45, 7) is 0.570.